The smallest absolute Gasteiger partial charge is 0.272 e. The molecule has 0 spiro atoms. The van der Waals surface area contributed by atoms with Crippen molar-refractivity contribution in [1.29, 1.82) is 0 Å². The lowest BCUT2D eigenvalue weighted by atomic mass is 9.98. The van der Waals surface area contributed by atoms with Crippen molar-refractivity contribution in [2.24, 2.45) is 7.05 Å². The first kappa shape index (κ1) is 17.4. The first-order valence-electron chi connectivity index (χ1n) is 8.12. The van der Waals surface area contributed by atoms with Gasteiger partial charge in [0.1, 0.15) is 11.4 Å². The molecule has 2 aromatic carbocycles. The summed E-state index contributed by atoms with van der Waals surface area (Å²) in [6, 6.07) is 19.6. The molecule has 1 unspecified atom stereocenters. The molecule has 3 rings (SSSR count). The number of amides is 1. The summed E-state index contributed by atoms with van der Waals surface area (Å²) in [7, 11) is 3.12. The van der Waals surface area contributed by atoms with Crippen LogP contribution in [0.4, 0.5) is 0 Å². The van der Waals surface area contributed by atoms with Gasteiger partial charge in [-0.3, -0.25) is 9.59 Å². The molecule has 0 aliphatic rings. The second kappa shape index (κ2) is 7.65. The number of nitrogens with one attached hydrogen (secondary N) is 1. The first-order chi connectivity index (χ1) is 12.6. The van der Waals surface area contributed by atoms with Crippen molar-refractivity contribution >= 4 is 5.91 Å². The molecule has 0 aliphatic carbocycles. The number of aryl methyl sites for hydroxylation is 1. The number of methoxy groups -OCH3 is 1. The first-order valence-corrected chi connectivity index (χ1v) is 8.12. The summed E-state index contributed by atoms with van der Waals surface area (Å²) in [5.41, 5.74) is 1.77. The number of rotatable bonds is 5. The zero-order valence-electron chi connectivity index (χ0n) is 14.5. The van der Waals surface area contributed by atoms with Crippen LogP contribution in [0.25, 0.3) is 0 Å². The number of hydrogen-bond donors (Lipinski definition) is 1. The molecule has 132 valence electrons. The fourth-order valence-electron chi connectivity index (χ4n) is 2.63. The normalized spacial score (nSPS) is 11.6. The summed E-state index contributed by atoms with van der Waals surface area (Å²) in [6.07, 6.45) is 0. The summed E-state index contributed by atoms with van der Waals surface area (Å²) in [5, 5.41) is 7.00. The Bertz CT molecular complexity index is 950. The van der Waals surface area contributed by atoms with E-state index in [0.717, 1.165) is 21.6 Å². The molecule has 0 fully saturated rings. The lowest BCUT2D eigenvalue weighted by Crippen LogP contribution is -2.32. The number of carbonyl (C=O) groups is 1. The zero-order chi connectivity index (χ0) is 18.5. The number of carbonyl (C=O) groups excluding carboxylic acids is 1. The van der Waals surface area contributed by atoms with E-state index >= 15 is 0 Å². The van der Waals surface area contributed by atoms with Gasteiger partial charge in [-0.1, -0.05) is 42.5 Å². The Hall–Kier alpha value is -3.41. The zero-order valence-corrected chi connectivity index (χ0v) is 14.5. The Morgan fingerprint density at radius 1 is 1.00 bits per heavy atom. The van der Waals surface area contributed by atoms with Crippen molar-refractivity contribution in [3.63, 3.8) is 0 Å². The van der Waals surface area contributed by atoms with Crippen LogP contribution in [0.2, 0.25) is 0 Å². The second-order valence-corrected chi connectivity index (χ2v) is 5.77. The van der Waals surface area contributed by atoms with Gasteiger partial charge in [-0.2, -0.15) is 5.10 Å². The quantitative estimate of drug-likeness (QED) is 0.767. The summed E-state index contributed by atoms with van der Waals surface area (Å²) in [6.45, 7) is 0. The average Bonchev–Trinajstić information content (AvgIpc) is 2.69. The molecule has 1 heterocycles. The van der Waals surface area contributed by atoms with Gasteiger partial charge in [0.15, 0.2) is 0 Å². The Balaban J connectivity index is 1.93. The second-order valence-electron chi connectivity index (χ2n) is 5.77. The van der Waals surface area contributed by atoms with E-state index in [1.165, 1.54) is 19.2 Å². The van der Waals surface area contributed by atoms with Gasteiger partial charge in [-0.05, 0) is 29.3 Å². The van der Waals surface area contributed by atoms with Crippen molar-refractivity contribution < 1.29 is 9.53 Å². The van der Waals surface area contributed by atoms with Crippen LogP contribution in [0.15, 0.2) is 71.5 Å². The standard InChI is InChI=1S/C20H19N3O3/c1-23-18(24)13-12-17(22-23)20(25)21-19(14-6-4-3-5-7-14)15-8-10-16(26-2)11-9-15/h3-13,19H,1-2H3,(H,21,25). The lowest BCUT2D eigenvalue weighted by Gasteiger charge is -2.20. The van der Waals surface area contributed by atoms with Gasteiger partial charge in [0, 0.05) is 13.1 Å². The van der Waals surface area contributed by atoms with Crippen LogP contribution in [0.3, 0.4) is 0 Å². The van der Waals surface area contributed by atoms with Crippen molar-refractivity contribution in [2.45, 2.75) is 6.04 Å². The molecule has 26 heavy (non-hydrogen) atoms. The molecule has 0 saturated carbocycles. The van der Waals surface area contributed by atoms with Crippen LogP contribution >= 0.6 is 0 Å². The molecular formula is C20H19N3O3. The Kier molecular flexibility index (Phi) is 5.12. The van der Waals surface area contributed by atoms with E-state index in [-0.39, 0.29) is 23.2 Å². The molecule has 0 radical (unpaired) electrons. The van der Waals surface area contributed by atoms with Crippen molar-refractivity contribution in [1.82, 2.24) is 15.1 Å². The highest BCUT2D eigenvalue weighted by molar-refractivity contribution is 5.92. The molecule has 1 amide bonds. The van der Waals surface area contributed by atoms with Gasteiger partial charge in [0.2, 0.25) is 0 Å². The molecule has 6 heteroatoms. The summed E-state index contributed by atoms with van der Waals surface area (Å²) in [4.78, 5) is 24.2. The molecule has 1 atom stereocenters. The minimum atomic E-state index is -0.356. The fourth-order valence-corrected chi connectivity index (χ4v) is 2.63. The molecule has 0 aliphatic heterocycles. The maximum absolute atomic E-state index is 12.7. The monoisotopic (exact) mass is 349 g/mol. The topological polar surface area (TPSA) is 73.2 Å². The minimum absolute atomic E-state index is 0.182. The van der Waals surface area contributed by atoms with Crippen LogP contribution in [0.5, 0.6) is 5.75 Å². The minimum Gasteiger partial charge on any atom is -0.497 e. The van der Waals surface area contributed by atoms with Crippen LogP contribution in [0.1, 0.15) is 27.7 Å². The largest absolute Gasteiger partial charge is 0.497 e. The van der Waals surface area contributed by atoms with Gasteiger partial charge in [0.25, 0.3) is 11.5 Å². The van der Waals surface area contributed by atoms with Crippen LogP contribution < -0.4 is 15.6 Å². The molecule has 1 N–H and O–H groups in total. The molecular weight excluding hydrogens is 330 g/mol. The molecule has 6 nitrogen and oxygen atoms in total. The van der Waals surface area contributed by atoms with Gasteiger partial charge < -0.3 is 10.1 Å². The average molecular weight is 349 g/mol. The third kappa shape index (κ3) is 3.80. The third-order valence-electron chi connectivity index (χ3n) is 4.05. The van der Waals surface area contributed by atoms with Crippen LogP contribution in [0, 0.1) is 0 Å². The summed E-state index contributed by atoms with van der Waals surface area (Å²) < 4.78 is 6.34. The predicted octanol–water partition coefficient (Wildman–Crippen LogP) is 2.31. The number of nitrogens with zero attached hydrogens (tertiary/aromatic N) is 2. The van der Waals surface area contributed by atoms with Crippen LogP contribution in [-0.2, 0) is 7.05 Å². The van der Waals surface area contributed by atoms with Gasteiger partial charge in [-0.15, -0.1) is 0 Å². The summed E-state index contributed by atoms with van der Waals surface area (Å²) >= 11 is 0. The van der Waals surface area contributed by atoms with E-state index in [4.69, 9.17) is 4.74 Å². The number of aromatic nitrogens is 2. The van der Waals surface area contributed by atoms with E-state index in [1.54, 1.807) is 7.11 Å². The van der Waals surface area contributed by atoms with E-state index in [0.29, 0.717) is 0 Å². The Morgan fingerprint density at radius 3 is 2.27 bits per heavy atom. The van der Waals surface area contributed by atoms with E-state index < -0.39 is 0 Å². The van der Waals surface area contributed by atoms with E-state index in [1.807, 2.05) is 54.6 Å². The Labute approximate surface area is 151 Å². The molecule has 1 aromatic heterocycles. The van der Waals surface area contributed by atoms with E-state index in [2.05, 4.69) is 10.4 Å². The third-order valence-corrected chi connectivity index (χ3v) is 4.05. The van der Waals surface area contributed by atoms with Gasteiger partial charge >= 0.3 is 0 Å². The number of hydrogen-bond acceptors (Lipinski definition) is 4. The summed E-state index contributed by atoms with van der Waals surface area (Å²) in [5.74, 6) is 0.386. The predicted molar refractivity (Wildman–Crippen MR) is 98.2 cm³/mol. The fraction of sp³-hybridized carbons (Fsp3) is 0.150. The molecule has 3 aromatic rings. The highest BCUT2D eigenvalue weighted by Gasteiger charge is 2.19. The van der Waals surface area contributed by atoms with Gasteiger partial charge in [0.05, 0.1) is 13.2 Å². The van der Waals surface area contributed by atoms with E-state index in [9.17, 15) is 9.59 Å². The number of ether oxygens (including phenoxy) is 1. The Morgan fingerprint density at radius 2 is 1.65 bits per heavy atom. The van der Waals surface area contributed by atoms with Crippen LogP contribution in [-0.4, -0.2) is 22.8 Å². The van der Waals surface area contributed by atoms with Crippen molar-refractivity contribution in [2.75, 3.05) is 7.11 Å². The lowest BCUT2D eigenvalue weighted by molar-refractivity contribution is 0.0935. The molecule has 0 bridgehead atoms. The van der Waals surface area contributed by atoms with Crippen molar-refractivity contribution in [3.05, 3.63) is 93.9 Å². The van der Waals surface area contributed by atoms with Gasteiger partial charge in [-0.25, -0.2) is 4.68 Å². The SMILES string of the molecule is COc1ccc(C(NC(=O)c2ccc(=O)n(C)n2)c2ccccc2)cc1. The highest BCUT2D eigenvalue weighted by atomic mass is 16.5. The number of benzene rings is 2. The maximum Gasteiger partial charge on any atom is 0.272 e. The van der Waals surface area contributed by atoms with Crippen molar-refractivity contribution in [3.8, 4) is 5.75 Å². The maximum atomic E-state index is 12.7. The highest BCUT2D eigenvalue weighted by Crippen LogP contribution is 2.24. The molecule has 0 saturated heterocycles.